The Bertz CT molecular complexity index is 318. The SMILES string of the molecule is CC1CC(NS(=O)(=O)C(C)CO)CCN1C. The molecular formula is C10H22N2O3S. The highest BCUT2D eigenvalue weighted by Crippen LogP contribution is 2.16. The lowest BCUT2D eigenvalue weighted by molar-refractivity contribution is 0.177. The molecule has 3 unspecified atom stereocenters. The lowest BCUT2D eigenvalue weighted by atomic mass is 10.0. The maximum atomic E-state index is 11.7. The molecule has 0 aromatic heterocycles. The second-order valence-electron chi connectivity index (χ2n) is 4.71. The average molecular weight is 250 g/mol. The van der Waals surface area contributed by atoms with E-state index in [0.717, 1.165) is 19.4 Å². The van der Waals surface area contributed by atoms with Crippen LogP contribution in [0.4, 0.5) is 0 Å². The number of nitrogens with zero attached hydrogens (tertiary/aromatic N) is 1. The summed E-state index contributed by atoms with van der Waals surface area (Å²) in [6.07, 6.45) is 1.66. The van der Waals surface area contributed by atoms with Crippen LogP contribution in [0.2, 0.25) is 0 Å². The number of aliphatic hydroxyl groups excluding tert-OH is 1. The van der Waals surface area contributed by atoms with Crippen molar-refractivity contribution >= 4 is 10.0 Å². The summed E-state index contributed by atoms with van der Waals surface area (Å²) >= 11 is 0. The third-order valence-electron chi connectivity index (χ3n) is 3.33. The van der Waals surface area contributed by atoms with Gasteiger partial charge >= 0.3 is 0 Å². The zero-order valence-corrected chi connectivity index (χ0v) is 11.0. The van der Waals surface area contributed by atoms with Gasteiger partial charge in [-0.2, -0.15) is 0 Å². The molecule has 0 amide bonds. The van der Waals surface area contributed by atoms with Crippen LogP contribution in [0.3, 0.4) is 0 Å². The number of sulfonamides is 1. The van der Waals surface area contributed by atoms with Crippen molar-refractivity contribution in [3.05, 3.63) is 0 Å². The van der Waals surface area contributed by atoms with Crippen molar-refractivity contribution in [2.45, 2.75) is 44.0 Å². The third-order valence-corrected chi connectivity index (χ3v) is 5.20. The minimum absolute atomic E-state index is 0.00481. The molecule has 0 radical (unpaired) electrons. The number of hydrogen-bond acceptors (Lipinski definition) is 4. The maximum absolute atomic E-state index is 11.7. The van der Waals surface area contributed by atoms with Crippen molar-refractivity contribution in [1.29, 1.82) is 0 Å². The van der Waals surface area contributed by atoms with Gasteiger partial charge in [0.2, 0.25) is 10.0 Å². The second kappa shape index (κ2) is 5.44. The van der Waals surface area contributed by atoms with Gasteiger partial charge in [0.25, 0.3) is 0 Å². The standard InChI is InChI=1S/C10H22N2O3S/c1-8-6-10(4-5-12(8)3)11-16(14,15)9(2)7-13/h8-11,13H,4-7H2,1-3H3. The molecule has 0 aliphatic carbocycles. The van der Waals surface area contributed by atoms with Gasteiger partial charge in [0.1, 0.15) is 0 Å². The van der Waals surface area contributed by atoms with Gasteiger partial charge in [-0.1, -0.05) is 0 Å². The molecule has 1 aliphatic heterocycles. The van der Waals surface area contributed by atoms with E-state index in [-0.39, 0.29) is 12.6 Å². The van der Waals surface area contributed by atoms with Gasteiger partial charge in [-0.05, 0) is 40.3 Å². The molecule has 1 aliphatic rings. The minimum Gasteiger partial charge on any atom is -0.395 e. The number of hydrogen-bond donors (Lipinski definition) is 2. The van der Waals surface area contributed by atoms with Crippen LogP contribution in [0, 0.1) is 0 Å². The molecule has 3 atom stereocenters. The molecule has 1 fully saturated rings. The molecular weight excluding hydrogens is 228 g/mol. The van der Waals surface area contributed by atoms with Crippen LogP contribution in [-0.4, -0.2) is 56.0 Å². The van der Waals surface area contributed by atoms with E-state index in [1.54, 1.807) is 0 Å². The first-order valence-corrected chi connectivity index (χ1v) is 7.23. The number of likely N-dealkylation sites (tertiary alicyclic amines) is 1. The van der Waals surface area contributed by atoms with Crippen LogP contribution in [-0.2, 0) is 10.0 Å². The Labute approximate surface area is 97.9 Å². The fourth-order valence-corrected chi connectivity index (χ4v) is 2.95. The summed E-state index contributed by atoms with van der Waals surface area (Å²) in [5, 5.41) is 8.13. The lowest BCUT2D eigenvalue weighted by Gasteiger charge is -2.35. The number of piperidine rings is 1. The lowest BCUT2D eigenvalue weighted by Crippen LogP contribution is -2.49. The molecule has 0 bridgehead atoms. The molecule has 1 heterocycles. The highest BCUT2D eigenvalue weighted by Gasteiger charge is 2.28. The predicted octanol–water partition coefficient (Wildman–Crippen LogP) is -0.231. The molecule has 1 rings (SSSR count). The summed E-state index contributed by atoms with van der Waals surface area (Å²) in [5.74, 6) is 0. The summed E-state index contributed by atoms with van der Waals surface area (Å²) in [6.45, 7) is 4.18. The Morgan fingerprint density at radius 2 is 2.19 bits per heavy atom. The number of rotatable bonds is 4. The van der Waals surface area contributed by atoms with Crippen molar-refractivity contribution in [3.63, 3.8) is 0 Å². The molecule has 0 aromatic carbocycles. The van der Waals surface area contributed by atoms with E-state index in [9.17, 15) is 8.42 Å². The Kier molecular flexibility index (Phi) is 4.73. The Morgan fingerprint density at radius 3 is 2.69 bits per heavy atom. The van der Waals surface area contributed by atoms with E-state index in [1.807, 2.05) is 7.05 Å². The Morgan fingerprint density at radius 1 is 1.56 bits per heavy atom. The van der Waals surface area contributed by atoms with Gasteiger partial charge in [-0.25, -0.2) is 13.1 Å². The topological polar surface area (TPSA) is 69.6 Å². The minimum atomic E-state index is -3.37. The van der Waals surface area contributed by atoms with Crippen LogP contribution in [0.15, 0.2) is 0 Å². The van der Waals surface area contributed by atoms with E-state index in [1.165, 1.54) is 6.92 Å². The quantitative estimate of drug-likeness (QED) is 0.723. The van der Waals surface area contributed by atoms with E-state index < -0.39 is 15.3 Å². The first-order chi connectivity index (χ1) is 7.36. The molecule has 16 heavy (non-hydrogen) atoms. The van der Waals surface area contributed by atoms with Gasteiger partial charge in [-0.15, -0.1) is 0 Å². The Balaban J connectivity index is 2.55. The third kappa shape index (κ3) is 3.41. The van der Waals surface area contributed by atoms with Gasteiger partial charge in [-0.3, -0.25) is 0 Å². The summed E-state index contributed by atoms with van der Waals surface area (Å²) < 4.78 is 26.1. The first kappa shape index (κ1) is 13.9. The first-order valence-electron chi connectivity index (χ1n) is 5.69. The summed E-state index contributed by atoms with van der Waals surface area (Å²) in [5.41, 5.74) is 0. The normalized spacial score (nSPS) is 30.2. The fourth-order valence-electron chi connectivity index (χ4n) is 1.84. The van der Waals surface area contributed by atoms with Gasteiger partial charge < -0.3 is 10.0 Å². The van der Waals surface area contributed by atoms with Crippen LogP contribution < -0.4 is 4.72 Å². The monoisotopic (exact) mass is 250 g/mol. The maximum Gasteiger partial charge on any atom is 0.216 e. The van der Waals surface area contributed by atoms with E-state index in [0.29, 0.717) is 6.04 Å². The van der Waals surface area contributed by atoms with Gasteiger partial charge in [0.15, 0.2) is 0 Å². The van der Waals surface area contributed by atoms with Gasteiger partial charge in [0.05, 0.1) is 11.9 Å². The highest BCUT2D eigenvalue weighted by molar-refractivity contribution is 7.90. The summed E-state index contributed by atoms with van der Waals surface area (Å²) in [6, 6.07) is 0.399. The molecule has 6 heteroatoms. The van der Waals surface area contributed by atoms with Crippen molar-refractivity contribution < 1.29 is 13.5 Å². The van der Waals surface area contributed by atoms with Crippen LogP contribution in [0.25, 0.3) is 0 Å². The van der Waals surface area contributed by atoms with Crippen molar-refractivity contribution in [2.24, 2.45) is 0 Å². The number of nitrogens with one attached hydrogen (secondary N) is 1. The molecule has 0 aromatic rings. The highest BCUT2D eigenvalue weighted by atomic mass is 32.2. The smallest absolute Gasteiger partial charge is 0.216 e. The van der Waals surface area contributed by atoms with E-state index >= 15 is 0 Å². The van der Waals surface area contributed by atoms with Crippen LogP contribution in [0.1, 0.15) is 26.7 Å². The molecule has 0 saturated carbocycles. The van der Waals surface area contributed by atoms with Crippen LogP contribution in [0.5, 0.6) is 0 Å². The predicted molar refractivity (Wildman–Crippen MR) is 63.7 cm³/mol. The average Bonchev–Trinajstić information content (AvgIpc) is 2.22. The Hall–Kier alpha value is -0.170. The van der Waals surface area contributed by atoms with Crippen LogP contribution >= 0.6 is 0 Å². The van der Waals surface area contributed by atoms with E-state index in [4.69, 9.17) is 5.11 Å². The fraction of sp³-hybridized carbons (Fsp3) is 1.00. The molecule has 96 valence electrons. The molecule has 1 saturated heterocycles. The van der Waals surface area contributed by atoms with E-state index in [2.05, 4.69) is 16.5 Å². The van der Waals surface area contributed by atoms with Crippen molar-refractivity contribution in [2.75, 3.05) is 20.2 Å². The zero-order chi connectivity index (χ0) is 12.3. The molecule has 2 N–H and O–H groups in total. The largest absolute Gasteiger partial charge is 0.395 e. The summed E-state index contributed by atoms with van der Waals surface area (Å²) in [4.78, 5) is 2.22. The summed E-state index contributed by atoms with van der Waals surface area (Å²) in [7, 11) is -1.32. The van der Waals surface area contributed by atoms with Gasteiger partial charge in [0, 0.05) is 12.1 Å². The molecule has 5 nitrogen and oxygen atoms in total. The molecule has 0 spiro atoms. The van der Waals surface area contributed by atoms with Crippen molar-refractivity contribution in [3.8, 4) is 0 Å². The zero-order valence-electron chi connectivity index (χ0n) is 10.2. The second-order valence-corrected chi connectivity index (χ2v) is 6.84. The number of aliphatic hydroxyl groups is 1. The van der Waals surface area contributed by atoms with Crippen molar-refractivity contribution in [1.82, 2.24) is 9.62 Å².